The topological polar surface area (TPSA) is 69.6 Å². The van der Waals surface area contributed by atoms with E-state index in [1.807, 2.05) is 0 Å². The molecule has 23 heavy (non-hydrogen) atoms. The van der Waals surface area contributed by atoms with Crippen LogP contribution < -0.4 is 4.72 Å². The summed E-state index contributed by atoms with van der Waals surface area (Å²) in [7, 11) is -3.81. The number of hydrogen-bond donors (Lipinski definition) is 2. The average Bonchev–Trinajstić information content (AvgIpc) is 2.77. The molecular weight excluding hydrogens is 359 g/mol. The standard InChI is InChI=1S/C15H22Cl2N2O3S/c1-10-5-11(2)19(8-10)9-13(20)7-18-23(21,22)15-6-12(16)3-4-14(15)17/h3-4,6,10-11,13,18,20H,5,7-9H2,1-2H3/t10?,11?,13-/m0/s1. The maximum Gasteiger partial charge on any atom is 0.242 e. The fourth-order valence-electron chi connectivity index (χ4n) is 2.94. The molecule has 130 valence electrons. The molecule has 0 spiro atoms. The fourth-order valence-corrected chi connectivity index (χ4v) is 4.78. The molecule has 8 heteroatoms. The molecule has 3 atom stereocenters. The molecule has 1 aromatic carbocycles. The van der Waals surface area contributed by atoms with Gasteiger partial charge in [0.05, 0.1) is 11.1 Å². The molecule has 1 heterocycles. The number of halogens is 2. The van der Waals surface area contributed by atoms with Crippen LogP contribution in [0.3, 0.4) is 0 Å². The van der Waals surface area contributed by atoms with Crippen LogP contribution in [0.2, 0.25) is 10.0 Å². The monoisotopic (exact) mass is 380 g/mol. The lowest BCUT2D eigenvalue weighted by atomic mass is 10.1. The van der Waals surface area contributed by atoms with Gasteiger partial charge in [0.2, 0.25) is 10.0 Å². The van der Waals surface area contributed by atoms with Crippen molar-refractivity contribution in [1.82, 2.24) is 9.62 Å². The third-order valence-corrected chi connectivity index (χ3v) is 6.19. The molecule has 1 aliphatic rings. The summed E-state index contributed by atoms with van der Waals surface area (Å²) in [5.74, 6) is 0.596. The molecule has 0 aliphatic carbocycles. The van der Waals surface area contributed by atoms with Crippen molar-refractivity contribution in [3.63, 3.8) is 0 Å². The summed E-state index contributed by atoms with van der Waals surface area (Å²) >= 11 is 11.7. The summed E-state index contributed by atoms with van der Waals surface area (Å²) in [6, 6.07) is 4.65. The zero-order valence-corrected chi connectivity index (χ0v) is 15.5. The largest absolute Gasteiger partial charge is 0.390 e. The van der Waals surface area contributed by atoms with Crippen molar-refractivity contribution in [2.45, 2.75) is 37.3 Å². The second-order valence-electron chi connectivity index (χ2n) is 6.22. The van der Waals surface area contributed by atoms with Gasteiger partial charge in [-0.3, -0.25) is 4.90 Å². The number of aliphatic hydroxyl groups is 1. The van der Waals surface area contributed by atoms with Crippen molar-refractivity contribution in [3.8, 4) is 0 Å². The van der Waals surface area contributed by atoms with E-state index >= 15 is 0 Å². The molecule has 0 saturated carbocycles. The first-order valence-electron chi connectivity index (χ1n) is 7.56. The first-order valence-corrected chi connectivity index (χ1v) is 9.80. The lowest BCUT2D eigenvalue weighted by molar-refractivity contribution is 0.111. The first-order chi connectivity index (χ1) is 10.7. The highest BCUT2D eigenvalue weighted by molar-refractivity contribution is 7.89. The second kappa shape index (κ2) is 7.68. The number of aliphatic hydroxyl groups excluding tert-OH is 1. The second-order valence-corrected chi connectivity index (χ2v) is 8.80. The normalized spacial score (nSPS) is 24.0. The van der Waals surface area contributed by atoms with Gasteiger partial charge in [0, 0.05) is 30.7 Å². The zero-order chi connectivity index (χ0) is 17.2. The molecule has 0 bridgehead atoms. The van der Waals surface area contributed by atoms with Crippen LogP contribution in [0, 0.1) is 5.92 Å². The Bertz CT molecular complexity index is 654. The van der Waals surface area contributed by atoms with Gasteiger partial charge in [-0.1, -0.05) is 30.1 Å². The van der Waals surface area contributed by atoms with Crippen molar-refractivity contribution in [2.24, 2.45) is 5.92 Å². The number of sulfonamides is 1. The lowest BCUT2D eigenvalue weighted by Crippen LogP contribution is -2.41. The van der Waals surface area contributed by atoms with Gasteiger partial charge in [-0.2, -0.15) is 0 Å². The van der Waals surface area contributed by atoms with E-state index in [9.17, 15) is 13.5 Å². The minimum absolute atomic E-state index is 0.0667. The minimum Gasteiger partial charge on any atom is -0.390 e. The third kappa shape index (κ3) is 5.05. The highest BCUT2D eigenvalue weighted by atomic mass is 35.5. The summed E-state index contributed by atoms with van der Waals surface area (Å²) in [4.78, 5) is 2.10. The number of benzene rings is 1. The molecule has 0 aromatic heterocycles. The van der Waals surface area contributed by atoms with Gasteiger partial charge in [0.25, 0.3) is 0 Å². The molecule has 0 amide bonds. The number of hydrogen-bond acceptors (Lipinski definition) is 4. The number of nitrogens with one attached hydrogen (secondary N) is 1. The highest BCUT2D eigenvalue weighted by Gasteiger charge is 2.28. The van der Waals surface area contributed by atoms with E-state index in [0.717, 1.165) is 13.0 Å². The van der Waals surface area contributed by atoms with E-state index in [2.05, 4.69) is 23.5 Å². The zero-order valence-electron chi connectivity index (χ0n) is 13.2. The van der Waals surface area contributed by atoms with E-state index in [1.165, 1.54) is 18.2 Å². The SMILES string of the molecule is CC1CC(C)N(C[C@@H](O)CNS(=O)(=O)c2cc(Cl)ccc2Cl)C1. The van der Waals surface area contributed by atoms with Crippen LogP contribution in [0.25, 0.3) is 0 Å². The minimum atomic E-state index is -3.81. The van der Waals surface area contributed by atoms with E-state index in [1.54, 1.807) is 0 Å². The first kappa shape index (κ1) is 19.0. The number of β-amino-alcohol motifs (C(OH)–C–C–N with tert-alkyl or cyclic N) is 1. The Balaban J connectivity index is 1.95. The van der Waals surface area contributed by atoms with Crippen LogP contribution >= 0.6 is 23.2 Å². The maximum atomic E-state index is 12.3. The average molecular weight is 381 g/mol. The van der Waals surface area contributed by atoms with Gasteiger partial charge in [-0.05, 0) is 37.5 Å². The summed E-state index contributed by atoms with van der Waals surface area (Å²) in [6.45, 7) is 5.59. The van der Waals surface area contributed by atoms with E-state index in [-0.39, 0.29) is 21.5 Å². The summed E-state index contributed by atoms with van der Waals surface area (Å²) < 4.78 is 27.0. The molecule has 2 rings (SSSR count). The summed E-state index contributed by atoms with van der Waals surface area (Å²) in [5, 5.41) is 10.5. The van der Waals surface area contributed by atoms with Crippen LogP contribution in [-0.2, 0) is 10.0 Å². The molecule has 2 N–H and O–H groups in total. The van der Waals surface area contributed by atoms with Crippen molar-refractivity contribution in [3.05, 3.63) is 28.2 Å². The molecule has 0 radical (unpaired) electrons. The number of nitrogens with zero attached hydrogens (tertiary/aromatic N) is 1. The quantitative estimate of drug-likeness (QED) is 0.794. The Morgan fingerprint density at radius 3 is 2.70 bits per heavy atom. The maximum absolute atomic E-state index is 12.3. The van der Waals surface area contributed by atoms with Gasteiger partial charge >= 0.3 is 0 Å². The van der Waals surface area contributed by atoms with Gasteiger partial charge in [0.15, 0.2) is 0 Å². The van der Waals surface area contributed by atoms with E-state index in [4.69, 9.17) is 23.2 Å². The Labute approximate surface area is 147 Å². The predicted molar refractivity (Wildman–Crippen MR) is 92.5 cm³/mol. The van der Waals surface area contributed by atoms with Gasteiger partial charge < -0.3 is 5.11 Å². The van der Waals surface area contributed by atoms with E-state index in [0.29, 0.717) is 18.5 Å². The Hall–Kier alpha value is -0.370. The summed E-state index contributed by atoms with van der Waals surface area (Å²) in [6.07, 6.45) is 0.312. The molecule has 1 aliphatic heterocycles. The van der Waals surface area contributed by atoms with Crippen LogP contribution in [0.15, 0.2) is 23.1 Å². The molecule has 1 saturated heterocycles. The molecule has 1 aromatic rings. The molecule has 2 unspecified atom stereocenters. The van der Waals surface area contributed by atoms with Gasteiger partial charge in [-0.25, -0.2) is 13.1 Å². The Morgan fingerprint density at radius 1 is 1.39 bits per heavy atom. The van der Waals surface area contributed by atoms with Crippen molar-refractivity contribution in [1.29, 1.82) is 0 Å². The van der Waals surface area contributed by atoms with Crippen molar-refractivity contribution >= 4 is 33.2 Å². The molecule has 5 nitrogen and oxygen atoms in total. The Kier molecular flexibility index (Phi) is 6.33. The van der Waals surface area contributed by atoms with Gasteiger partial charge in [-0.15, -0.1) is 0 Å². The fraction of sp³-hybridized carbons (Fsp3) is 0.600. The Morgan fingerprint density at radius 2 is 2.09 bits per heavy atom. The molecule has 1 fully saturated rings. The van der Waals surface area contributed by atoms with Gasteiger partial charge in [0.1, 0.15) is 4.90 Å². The van der Waals surface area contributed by atoms with Crippen LogP contribution in [-0.4, -0.2) is 50.2 Å². The third-order valence-electron chi connectivity index (χ3n) is 4.05. The predicted octanol–water partition coefficient (Wildman–Crippen LogP) is 2.36. The van der Waals surface area contributed by atoms with Crippen molar-refractivity contribution < 1.29 is 13.5 Å². The van der Waals surface area contributed by atoms with Crippen LogP contribution in [0.4, 0.5) is 0 Å². The lowest BCUT2D eigenvalue weighted by Gasteiger charge is -2.24. The number of rotatable bonds is 6. The smallest absolute Gasteiger partial charge is 0.242 e. The van der Waals surface area contributed by atoms with Crippen LogP contribution in [0.1, 0.15) is 20.3 Å². The highest BCUT2D eigenvalue weighted by Crippen LogP contribution is 2.25. The van der Waals surface area contributed by atoms with Crippen LogP contribution in [0.5, 0.6) is 0 Å². The number of likely N-dealkylation sites (tertiary alicyclic amines) is 1. The molecular formula is C15H22Cl2N2O3S. The van der Waals surface area contributed by atoms with Crippen molar-refractivity contribution in [2.75, 3.05) is 19.6 Å². The summed E-state index contributed by atoms with van der Waals surface area (Å²) in [5.41, 5.74) is 0. The van der Waals surface area contributed by atoms with E-state index < -0.39 is 16.1 Å².